The maximum Gasteiger partial charge on any atom is 0.217 e. The van der Waals surface area contributed by atoms with Crippen LogP contribution in [0.4, 0.5) is 0 Å². The summed E-state index contributed by atoms with van der Waals surface area (Å²) >= 11 is 0. The van der Waals surface area contributed by atoms with Crippen LogP contribution in [-0.4, -0.2) is 17.9 Å². The standard InChI is InChI=1S/C11H13NO3.H3N/c1-8(13)12-10(11(14)15)7-9-5-3-2-4-6-9;/h2-6,10H,7H2,1H3,(H,12,13)(H,14,15);1H3/t10-;/m1./s1. The van der Waals surface area contributed by atoms with Crippen LogP contribution < -0.4 is 16.6 Å². The summed E-state index contributed by atoms with van der Waals surface area (Å²) < 4.78 is 0. The van der Waals surface area contributed by atoms with Gasteiger partial charge in [-0.2, -0.15) is 0 Å². The van der Waals surface area contributed by atoms with E-state index in [2.05, 4.69) is 5.32 Å². The summed E-state index contributed by atoms with van der Waals surface area (Å²) in [5.74, 6) is -1.64. The number of carboxylic acid groups (broad SMARTS) is 1. The van der Waals surface area contributed by atoms with Gasteiger partial charge >= 0.3 is 0 Å². The van der Waals surface area contributed by atoms with Gasteiger partial charge in [-0.15, -0.1) is 0 Å². The Morgan fingerprint density at radius 3 is 2.31 bits per heavy atom. The van der Waals surface area contributed by atoms with E-state index >= 15 is 0 Å². The van der Waals surface area contributed by atoms with Crippen LogP contribution in [-0.2, 0) is 16.0 Å². The Hall–Kier alpha value is -1.88. The molecule has 88 valence electrons. The summed E-state index contributed by atoms with van der Waals surface area (Å²) in [6.45, 7) is 1.28. The van der Waals surface area contributed by atoms with E-state index in [1.165, 1.54) is 6.92 Å². The number of hydrogen-bond donors (Lipinski definition) is 2. The number of carbonyl (C=O) groups is 2. The van der Waals surface area contributed by atoms with Gasteiger partial charge in [0.15, 0.2) is 0 Å². The summed E-state index contributed by atoms with van der Waals surface area (Å²) in [5, 5.41) is 13.0. The molecule has 0 radical (unpaired) electrons. The first-order chi connectivity index (χ1) is 7.09. The van der Waals surface area contributed by atoms with Crippen molar-refractivity contribution in [1.29, 1.82) is 0 Å². The molecule has 1 atom stereocenters. The predicted molar refractivity (Wildman–Crippen MR) is 58.7 cm³/mol. The molecule has 1 amide bonds. The number of nitrogens with one attached hydrogen (secondary N) is 1. The van der Waals surface area contributed by atoms with E-state index in [1.54, 1.807) is 12.1 Å². The summed E-state index contributed by atoms with van der Waals surface area (Å²) in [6, 6.07) is 8.11. The van der Waals surface area contributed by atoms with E-state index in [0.717, 1.165) is 5.56 Å². The minimum atomic E-state index is -1.27. The van der Waals surface area contributed by atoms with Crippen molar-refractivity contribution in [2.24, 2.45) is 0 Å². The fourth-order valence-corrected chi connectivity index (χ4v) is 1.29. The molecular weight excluding hydrogens is 208 g/mol. The predicted octanol–water partition coefficient (Wildman–Crippen LogP) is -0.140. The highest BCUT2D eigenvalue weighted by molar-refractivity contribution is 5.81. The smallest absolute Gasteiger partial charge is 0.217 e. The van der Waals surface area contributed by atoms with Crippen molar-refractivity contribution in [2.75, 3.05) is 0 Å². The molecule has 5 N–H and O–H groups in total. The third-order valence-corrected chi connectivity index (χ3v) is 1.94. The van der Waals surface area contributed by atoms with Crippen molar-refractivity contribution in [1.82, 2.24) is 11.5 Å². The number of aliphatic carboxylic acids is 1. The van der Waals surface area contributed by atoms with Gasteiger partial charge in [-0.25, -0.2) is 0 Å². The highest BCUT2D eigenvalue weighted by Crippen LogP contribution is 2.02. The van der Waals surface area contributed by atoms with Gasteiger partial charge in [-0.3, -0.25) is 4.79 Å². The van der Waals surface area contributed by atoms with Crippen molar-refractivity contribution in [2.45, 2.75) is 19.4 Å². The molecule has 0 saturated carbocycles. The lowest BCUT2D eigenvalue weighted by atomic mass is 10.1. The number of hydrogen-bond acceptors (Lipinski definition) is 3. The quantitative estimate of drug-likeness (QED) is 0.743. The minimum absolute atomic E-state index is 0. The van der Waals surface area contributed by atoms with Crippen molar-refractivity contribution in [3.8, 4) is 0 Å². The first kappa shape index (κ1) is 14.1. The number of rotatable bonds is 4. The molecule has 0 heterocycles. The Labute approximate surface area is 94.1 Å². The highest BCUT2D eigenvalue weighted by Gasteiger charge is 2.11. The normalized spacial score (nSPS) is 11.1. The van der Waals surface area contributed by atoms with Gasteiger partial charge in [0.1, 0.15) is 0 Å². The largest absolute Gasteiger partial charge is 0.548 e. The van der Waals surface area contributed by atoms with Crippen LogP contribution in [0.3, 0.4) is 0 Å². The molecule has 5 nitrogen and oxygen atoms in total. The van der Waals surface area contributed by atoms with Crippen molar-refractivity contribution < 1.29 is 14.7 Å². The van der Waals surface area contributed by atoms with Gasteiger partial charge in [0, 0.05) is 6.92 Å². The van der Waals surface area contributed by atoms with E-state index in [4.69, 9.17) is 0 Å². The van der Waals surface area contributed by atoms with Crippen molar-refractivity contribution in [3.05, 3.63) is 35.9 Å². The molecule has 16 heavy (non-hydrogen) atoms. The third kappa shape index (κ3) is 4.56. The monoisotopic (exact) mass is 224 g/mol. The lowest BCUT2D eigenvalue weighted by Gasteiger charge is -2.18. The van der Waals surface area contributed by atoms with E-state index < -0.39 is 12.0 Å². The summed E-state index contributed by atoms with van der Waals surface area (Å²) in [5.41, 5.74) is 0.848. The molecular formula is C11H16N2O3. The van der Waals surface area contributed by atoms with Gasteiger partial charge < -0.3 is 21.4 Å². The number of carboxylic acids is 1. The first-order valence-corrected chi connectivity index (χ1v) is 4.61. The molecule has 0 spiro atoms. The lowest BCUT2D eigenvalue weighted by molar-refractivity contribution is -0.308. The highest BCUT2D eigenvalue weighted by atomic mass is 16.4. The zero-order chi connectivity index (χ0) is 11.3. The molecule has 0 unspecified atom stereocenters. The second-order valence-electron chi connectivity index (χ2n) is 3.26. The van der Waals surface area contributed by atoms with E-state index in [-0.39, 0.29) is 18.5 Å². The second kappa shape index (κ2) is 6.58. The first-order valence-electron chi connectivity index (χ1n) is 4.61. The van der Waals surface area contributed by atoms with Crippen molar-refractivity contribution >= 4 is 11.9 Å². The number of benzene rings is 1. The number of quaternary nitrogens is 1. The van der Waals surface area contributed by atoms with Crippen LogP contribution in [0, 0.1) is 0 Å². The summed E-state index contributed by atoms with van der Waals surface area (Å²) in [4.78, 5) is 21.5. The van der Waals surface area contributed by atoms with Gasteiger partial charge in [0.25, 0.3) is 0 Å². The van der Waals surface area contributed by atoms with Gasteiger partial charge in [0.05, 0.1) is 12.0 Å². The summed E-state index contributed by atoms with van der Waals surface area (Å²) in [6.07, 6.45) is 0.239. The molecule has 1 aromatic rings. The second-order valence-corrected chi connectivity index (χ2v) is 3.26. The molecule has 5 heteroatoms. The van der Waals surface area contributed by atoms with Crippen LogP contribution in [0.15, 0.2) is 30.3 Å². The van der Waals surface area contributed by atoms with Crippen molar-refractivity contribution in [3.63, 3.8) is 0 Å². The molecule has 0 fully saturated rings. The number of carbonyl (C=O) groups excluding carboxylic acids is 2. The fourth-order valence-electron chi connectivity index (χ4n) is 1.29. The molecule has 1 rings (SSSR count). The third-order valence-electron chi connectivity index (χ3n) is 1.94. The zero-order valence-corrected chi connectivity index (χ0v) is 9.40. The Kier molecular flexibility index (Phi) is 5.80. The van der Waals surface area contributed by atoms with Crippen LogP contribution in [0.25, 0.3) is 0 Å². The van der Waals surface area contributed by atoms with Gasteiger partial charge in [-0.1, -0.05) is 30.3 Å². The number of amides is 1. The Bertz CT molecular complexity index is 352. The van der Waals surface area contributed by atoms with E-state index in [0.29, 0.717) is 0 Å². The average molecular weight is 224 g/mol. The van der Waals surface area contributed by atoms with Gasteiger partial charge in [-0.05, 0) is 12.0 Å². The zero-order valence-electron chi connectivity index (χ0n) is 9.40. The molecule has 0 aliphatic rings. The van der Waals surface area contributed by atoms with E-state index in [1.807, 2.05) is 18.2 Å². The lowest BCUT2D eigenvalue weighted by Crippen LogP contribution is -2.48. The molecule has 0 aliphatic carbocycles. The minimum Gasteiger partial charge on any atom is -0.548 e. The Balaban J connectivity index is 0.00000225. The van der Waals surface area contributed by atoms with Crippen LogP contribution in [0.1, 0.15) is 12.5 Å². The fraction of sp³-hybridized carbons (Fsp3) is 0.273. The Morgan fingerprint density at radius 1 is 1.31 bits per heavy atom. The van der Waals surface area contributed by atoms with Crippen LogP contribution in [0.2, 0.25) is 0 Å². The Morgan fingerprint density at radius 2 is 1.88 bits per heavy atom. The SMILES string of the molecule is CC(=O)N[C@H](Cc1ccccc1)C(=O)[O-].[NH4+]. The molecule has 0 aliphatic heterocycles. The van der Waals surface area contributed by atoms with E-state index in [9.17, 15) is 14.7 Å². The molecule has 1 aromatic carbocycles. The molecule has 0 saturated heterocycles. The topological polar surface area (TPSA) is 106 Å². The van der Waals surface area contributed by atoms with Crippen LogP contribution >= 0.6 is 0 Å². The maximum absolute atomic E-state index is 10.7. The molecule has 0 aromatic heterocycles. The summed E-state index contributed by atoms with van der Waals surface area (Å²) in [7, 11) is 0. The molecule has 0 bridgehead atoms. The maximum atomic E-state index is 10.7. The average Bonchev–Trinajstić information content (AvgIpc) is 2.17. The van der Waals surface area contributed by atoms with Gasteiger partial charge in [0.2, 0.25) is 5.91 Å². The van der Waals surface area contributed by atoms with Crippen LogP contribution in [0.5, 0.6) is 0 Å².